The summed E-state index contributed by atoms with van der Waals surface area (Å²) < 4.78 is 10.3. The number of aliphatic hydroxyl groups is 1. The van der Waals surface area contributed by atoms with Crippen molar-refractivity contribution >= 4 is 28.8 Å². The van der Waals surface area contributed by atoms with Crippen LogP contribution in [-0.4, -0.2) is 49.1 Å². The molecule has 7 heteroatoms. The molecule has 0 bridgehead atoms. The Bertz CT molecular complexity index is 917. The predicted octanol–water partition coefficient (Wildman–Crippen LogP) is 3.52. The Morgan fingerprint density at radius 1 is 1.25 bits per heavy atom. The molecule has 1 amide bonds. The van der Waals surface area contributed by atoms with E-state index in [1.54, 1.807) is 31.4 Å². The van der Waals surface area contributed by atoms with Crippen LogP contribution in [0.2, 0.25) is 0 Å². The number of carbonyl (C=O) groups is 2. The first-order valence-electron chi connectivity index (χ1n) is 8.95. The van der Waals surface area contributed by atoms with Gasteiger partial charge in [0.25, 0.3) is 11.7 Å². The molecule has 1 atom stereocenters. The first-order valence-corrected chi connectivity index (χ1v) is 9.83. The third-order valence-corrected chi connectivity index (χ3v) is 5.85. The Balaban J connectivity index is 2.12. The Hall–Kier alpha value is -2.64. The quantitative estimate of drug-likeness (QED) is 0.332. The molecule has 1 aromatic carbocycles. The van der Waals surface area contributed by atoms with Gasteiger partial charge in [-0.05, 0) is 42.5 Å². The molecule has 3 rings (SSSR count). The molecule has 1 unspecified atom stereocenters. The summed E-state index contributed by atoms with van der Waals surface area (Å²) in [6, 6.07) is 8.15. The van der Waals surface area contributed by atoms with Gasteiger partial charge >= 0.3 is 0 Å². The van der Waals surface area contributed by atoms with Crippen LogP contribution >= 0.6 is 11.3 Å². The fourth-order valence-corrected chi connectivity index (χ4v) is 4.40. The van der Waals surface area contributed by atoms with Crippen molar-refractivity contribution < 1.29 is 24.2 Å². The fourth-order valence-electron chi connectivity index (χ4n) is 3.35. The summed E-state index contributed by atoms with van der Waals surface area (Å²) >= 11 is 1.47. The van der Waals surface area contributed by atoms with E-state index in [2.05, 4.69) is 0 Å². The molecule has 1 aliphatic heterocycles. The minimum Gasteiger partial charge on any atom is -0.507 e. The molecule has 2 aromatic rings. The van der Waals surface area contributed by atoms with E-state index in [0.717, 1.165) is 10.4 Å². The highest BCUT2D eigenvalue weighted by atomic mass is 32.1. The normalized spacial score (nSPS) is 18.7. The maximum Gasteiger partial charge on any atom is 0.295 e. The van der Waals surface area contributed by atoms with Crippen LogP contribution in [0, 0.1) is 6.92 Å². The number of carbonyl (C=O) groups excluding carboxylic acids is 2. The van der Waals surface area contributed by atoms with Crippen molar-refractivity contribution in [1.29, 1.82) is 0 Å². The minimum atomic E-state index is -0.671. The molecule has 28 heavy (non-hydrogen) atoms. The lowest BCUT2D eigenvalue weighted by Gasteiger charge is -2.24. The van der Waals surface area contributed by atoms with Gasteiger partial charge in [-0.15, -0.1) is 11.3 Å². The van der Waals surface area contributed by atoms with E-state index in [9.17, 15) is 14.7 Å². The first kappa shape index (κ1) is 20.1. The first-order chi connectivity index (χ1) is 13.5. The highest BCUT2D eigenvalue weighted by Crippen LogP contribution is 2.42. The molecule has 0 spiro atoms. The van der Waals surface area contributed by atoms with Crippen LogP contribution in [0.4, 0.5) is 0 Å². The van der Waals surface area contributed by atoms with E-state index >= 15 is 0 Å². The average Bonchev–Trinajstić information content (AvgIpc) is 3.23. The zero-order valence-electron chi connectivity index (χ0n) is 16.1. The highest BCUT2D eigenvalue weighted by molar-refractivity contribution is 7.10. The van der Waals surface area contributed by atoms with Crippen molar-refractivity contribution in [1.82, 2.24) is 4.90 Å². The van der Waals surface area contributed by atoms with Gasteiger partial charge in [0.05, 0.1) is 18.7 Å². The second kappa shape index (κ2) is 8.58. The number of nitrogens with zero attached hydrogens (tertiary/aromatic N) is 1. The van der Waals surface area contributed by atoms with Crippen LogP contribution in [0.25, 0.3) is 5.76 Å². The Kier molecular flexibility index (Phi) is 6.16. The number of ether oxygens (including phenoxy) is 2. The number of aliphatic hydroxyl groups excluding tert-OH is 1. The van der Waals surface area contributed by atoms with Crippen molar-refractivity contribution in [2.24, 2.45) is 0 Å². The van der Waals surface area contributed by atoms with E-state index in [-0.39, 0.29) is 11.3 Å². The number of rotatable bonds is 7. The lowest BCUT2D eigenvalue weighted by atomic mass is 9.98. The lowest BCUT2D eigenvalue weighted by Crippen LogP contribution is -2.31. The molecule has 2 heterocycles. The third-order valence-electron chi connectivity index (χ3n) is 4.78. The number of thiophene rings is 1. The zero-order chi connectivity index (χ0) is 20.3. The van der Waals surface area contributed by atoms with Crippen molar-refractivity contribution in [2.45, 2.75) is 19.4 Å². The van der Waals surface area contributed by atoms with Crippen molar-refractivity contribution in [3.63, 3.8) is 0 Å². The molecular weight excluding hydrogens is 378 g/mol. The number of likely N-dealkylation sites (tertiary alicyclic amines) is 1. The number of benzene rings is 1. The number of hydrogen-bond donors (Lipinski definition) is 1. The van der Waals surface area contributed by atoms with E-state index in [4.69, 9.17) is 9.47 Å². The van der Waals surface area contributed by atoms with Gasteiger partial charge in [0.2, 0.25) is 0 Å². The van der Waals surface area contributed by atoms with E-state index < -0.39 is 17.7 Å². The summed E-state index contributed by atoms with van der Waals surface area (Å²) in [4.78, 5) is 28.0. The number of Topliss-reactive ketones (excluding diaryl/α,β-unsaturated/α-hetero) is 1. The van der Waals surface area contributed by atoms with Crippen LogP contribution in [0.3, 0.4) is 0 Å². The molecule has 0 saturated carbocycles. The number of hydrogen-bond acceptors (Lipinski definition) is 6. The summed E-state index contributed by atoms with van der Waals surface area (Å²) in [5, 5.41) is 12.9. The Morgan fingerprint density at radius 2 is 2.04 bits per heavy atom. The maximum absolute atomic E-state index is 12.9. The summed E-state index contributed by atoms with van der Waals surface area (Å²) in [7, 11) is 3.13. The molecule has 1 fully saturated rings. The highest BCUT2D eigenvalue weighted by Gasteiger charge is 2.46. The van der Waals surface area contributed by atoms with Crippen molar-refractivity contribution in [3.8, 4) is 5.75 Å². The van der Waals surface area contributed by atoms with Crippen LogP contribution in [-0.2, 0) is 14.3 Å². The lowest BCUT2D eigenvalue weighted by molar-refractivity contribution is -0.140. The fraction of sp³-hybridized carbons (Fsp3) is 0.333. The van der Waals surface area contributed by atoms with Gasteiger partial charge in [-0.3, -0.25) is 9.59 Å². The minimum absolute atomic E-state index is 0.112. The number of aryl methyl sites for hydroxylation is 1. The SMILES string of the molecule is COCCCN1C(=O)C(=O)/C(=C(\O)c2cccc(OC)c2)C1c1sccc1C. The largest absolute Gasteiger partial charge is 0.507 e. The van der Waals surface area contributed by atoms with Gasteiger partial charge in [0, 0.05) is 30.7 Å². The van der Waals surface area contributed by atoms with E-state index in [1.807, 2.05) is 18.4 Å². The smallest absolute Gasteiger partial charge is 0.295 e. The molecule has 0 radical (unpaired) electrons. The number of amides is 1. The molecule has 1 saturated heterocycles. The van der Waals surface area contributed by atoms with Crippen molar-refractivity contribution in [2.75, 3.05) is 27.4 Å². The van der Waals surface area contributed by atoms with E-state index in [1.165, 1.54) is 23.3 Å². The van der Waals surface area contributed by atoms with Gasteiger partial charge in [-0.1, -0.05) is 12.1 Å². The summed E-state index contributed by atoms with van der Waals surface area (Å²) in [5.74, 6) is -0.902. The molecule has 148 valence electrons. The van der Waals surface area contributed by atoms with Crippen molar-refractivity contribution in [3.05, 3.63) is 57.3 Å². The monoisotopic (exact) mass is 401 g/mol. The average molecular weight is 401 g/mol. The van der Waals surface area contributed by atoms with Crippen LogP contribution in [0.15, 0.2) is 41.3 Å². The van der Waals surface area contributed by atoms with E-state index in [0.29, 0.717) is 30.9 Å². The molecule has 1 aliphatic rings. The zero-order valence-corrected chi connectivity index (χ0v) is 16.9. The van der Waals surface area contributed by atoms with Crippen LogP contribution in [0.5, 0.6) is 5.75 Å². The Morgan fingerprint density at radius 3 is 2.68 bits per heavy atom. The Labute approximate surface area is 168 Å². The van der Waals surface area contributed by atoms with Gasteiger partial charge in [-0.2, -0.15) is 0 Å². The summed E-state index contributed by atoms with van der Waals surface area (Å²) in [6.07, 6.45) is 0.601. The second-order valence-corrected chi connectivity index (χ2v) is 7.49. The molecule has 1 aromatic heterocycles. The molecule has 1 N–H and O–H groups in total. The van der Waals surface area contributed by atoms with Gasteiger partial charge in [-0.25, -0.2) is 0 Å². The van der Waals surface area contributed by atoms with Crippen LogP contribution < -0.4 is 4.74 Å². The molecule has 0 aliphatic carbocycles. The predicted molar refractivity (Wildman–Crippen MR) is 108 cm³/mol. The molecule has 6 nitrogen and oxygen atoms in total. The second-order valence-electron chi connectivity index (χ2n) is 6.54. The number of ketones is 1. The number of methoxy groups -OCH3 is 2. The van der Waals surface area contributed by atoms with Gasteiger partial charge in [0.15, 0.2) is 0 Å². The summed E-state index contributed by atoms with van der Waals surface area (Å²) in [5.41, 5.74) is 1.53. The summed E-state index contributed by atoms with van der Waals surface area (Å²) in [6.45, 7) is 2.79. The van der Waals surface area contributed by atoms with Gasteiger partial charge in [0.1, 0.15) is 11.5 Å². The maximum atomic E-state index is 12.9. The third kappa shape index (κ3) is 3.68. The van der Waals surface area contributed by atoms with Gasteiger partial charge < -0.3 is 19.5 Å². The standard InChI is InChI=1S/C21H23NO5S/c1-13-8-11-28-20(13)17-16(18(23)14-6-4-7-15(12-14)27-3)19(24)21(25)22(17)9-5-10-26-2/h4,6-8,11-12,17,23H,5,9-10H2,1-3H3/b18-16-. The van der Waals surface area contributed by atoms with Crippen LogP contribution in [0.1, 0.15) is 28.5 Å². The molecular formula is C21H23NO5S. The topological polar surface area (TPSA) is 76.1 Å².